The number of anilines is 1. The Kier molecular flexibility index (Phi) is 6.96. The third-order valence-corrected chi connectivity index (χ3v) is 7.26. The summed E-state index contributed by atoms with van der Waals surface area (Å²) in [6.07, 6.45) is -5.34. The molecule has 0 spiro atoms. The molecule has 3 N–H and O–H groups in total. The van der Waals surface area contributed by atoms with Crippen LogP contribution in [0, 0.1) is 0 Å². The number of fused-ring (bicyclic) bond motifs is 1. The van der Waals surface area contributed by atoms with E-state index in [9.17, 15) is 22.4 Å². The molecule has 1 aliphatic rings. The van der Waals surface area contributed by atoms with Gasteiger partial charge in [-0.2, -0.15) is 18.2 Å². The van der Waals surface area contributed by atoms with Gasteiger partial charge in [0.05, 0.1) is 41.4 Å². The summed E-state index contributed by atoms with van der Waals surface area (Å²) in [7, 11) is 3.02. The van der Waals surface area contributed by atoms with E-state index in [2.05, 4.69) is 31.2 Å². The number of aromatic nitrogens is 4. The Labute approximate surface area is 217 Å². The van der Waals surface area contributed by atoms with Crippen molar-refractivity contribution in [1.82, 2.24) is 30.6 Å². The number of nitrogens with one attached hydrogen (secondary N) is 3. The second-order valence-electron chi connectivity index (χ2n) is 8.73. The number of halogens is 4. The van der Waals surface area contributed by atoms with Gasteiger partial charge in [-0.05, 0) is 17.0 Å². The van der Waals surface area contributed by atoms with Gasteiger partial charge in [0.2, 0.25) is 17.6 Å². The molecule has 0 radical (unpaired) electrons. The van der Waals surface area contributed by atoms with E-state index in [0.717, 1.165) is 11.3 Å². The smallest absolute Gasteiger partial charge is 0.393 e. The molecule has 10 nitrogen and oxygen atoms in total. The highest BCUT2D eigenvalue weighted by Gasteiger charge is 2.33. The number of methoxy groups -OCH3 is 1. The summed E-state index contributed by atoms with van der Waals surface area (Å²) < 4.78 is 67.1. The Bertz CT molecular complexity index is 1470. The van der Waals surface area contributed by atoms with Crippen molar-refractivity contribution in [3.8, 4) is 16.6 Å². The molecule has 1 saturated heterocycles. The molecule has 5 rings (SSSR count). The topological polar surface area (TPSA) is 119 Å². The van der Waals surface area contributed by atoms with Gasteiger partial charge in [0.15, 0.2) is 0 Å². The van der Waals surface area contributed by atoms with Crippen molar-refractivity contribution < 1.29 is 31.6 Å². The lowest BCUT2D eigenvalue weighted by Gasteiger charge is -2.16. The van der Waals surface area contributed by atoms with Gasteiger partial charge in [-0.3, -0.25) is 9.48 Å². The summed E-state index contributed by atoms with van der Waals surface area (Å²) in [5.74, 6) is -0.402. The number of thiophene rings is 1. The monoisotopic (exact) mass is 553 g/mol. The summed E-state index contributed by atoms with van der Waals surface area (Å²) in [6.45, 7) is 0.442. The van der Waals surface area contributed by atoms with E-state index in [0.29, 0.717) is 22.3 Å². The molecule has 3 aromatic heterocycles. The van der Waals surface area contributed by atoms with Crippen molar-refractivity contribution in [1.29, 1.82) is 0 Å². The fraction of sp³-hybridized carbons (Fsp3) is 0.391. The Morgan fingerprint density at radius 1 is 1.34 bits per heavy atom. The molecule has 0 bridgehead atoms. The predicted molar refractivity (Wildman–Crippen MR) is 131 cm³/mol. The number of rotatable bonds is 8. The predicted octanol–water partition coefficient (Wildman–Crippen LogP) is 3.45. The van der Waals surface area contributed by atoms with Crippen molar-refractivity contribution in [2.45, 2.75) is 31.4 Å². The molecule has 15 heteroatoms. The zero-order valence-electron chi connectivity index (χ0n) is 20.2. The van der Waals surface area contributed by atoms with Crippen LogP contribution in [0.2, 0.25) is 0 Å². The van der Waals surface area contributed by atoms with Crippen LogP contribution >= 0.6 is 11.3 Å². The summed E-state index contributed by atoms with van der Waals surface area (Å²) in [5, 5.41) is 16.9. The van der Waals surface area contributed by atoms with Gasteiger partial charge < -0.3 is 25.2 Å². The third-order valence-electron chi connectivity index (χ3n) is 5.98. The number of carbonyl (C=O) groups is 1. The van der Waals surface area contributed by atoms with Crippen LogP contribution in [0.3, 0.4) is 0 Å². The van der Waals surface area contributed by atoms with E-state index in [1.54, 1.807) is 25.2 Å². The van der Waals surface area contributed by atoms with Gasteiger partial charge >= 0.3 is 6.18 Å². The minimum atomic E-state index is -4.49. The molecule has 1 amide bonds. The van der Waals surface area contributed by atoms with Crippen LogP contribution < -0.4 is 20.7 Å². The number of alkyl halides is 4. The first-order valence-electron chi connectivity index (χ1n) is 11.5. The maximum atomic E-state index is 14.2. The number of amides is 1. The molecule has 1 aromatic carbocycles. The molecular formula is C23H23F4N7O3S. The zero-order chi connectivity index (χ0) is 27.0. The molecule has 4 aromatic rings. The van der Waals surface area contributed by atoms with Crippen molar-refractivity contribution in [3.63, 3.8) is 0 Å². The number of aryl methyl sites for hydroxylation is 1. The van der Waals surface area contributed by atoms with Gasteiger partial charge in [-0.15, -0.1) is 16.4 Å². The standard InChI is InChI=1S/C23H23F4N7O3S/c1-34-10-13(22(32-34)36-2)21(35)29-9-17-31-20(33-37-17)19-12(6-23(25,26)27)11-4-3-5-15(18(11)38-19)30-16-8-28-7-14(16)24/h3-5,10,14,16,28,30H,6-9H2,1-2H3,(H,29,35)/t14-,16+/m0/s1. The first-order chi connectivity index (χ1) is 18.1. The highest BCUT2D eigenvalue weighted by atomic mass is 32.1. The first-order valence-corrected chi connectivity index (χ1v) is 12.4. The second-order valence-corrected chi connectivity index (χ2v) is 9.75. The summed E-state index contributed by atoms with van der Waals surface area (Å²) in [5.41, 5.74) is 0.721. The normalized spacial score (nSPS) is 17.7. The summed E-state index contributed by atoms with van der Waals surface area (Å²) in [4.78, 5) is 16.9. The highest BCUT2D eigenvalue weighted by molar-refractivity contribution is 7.23. The van der Waals surface area contributed by atoms with E-state index in [4.69, 9.17) is 9.26 Å². The highest BCUT2D eigenvalue weighted by Crippen LogP contribution is 2.43. The molecule has 1 aliphatic heterocycles. The molecule has 0 saturated carbocycles. The molecule has 0 unspecified atom stereocenters. The van der Waals surface area contributed by atoms with Crippen molar-refractivity contribution in [3.05, 3.63) is 41.4 Å². The second kappa shape index (κ2) is 10.2. The largest absolute Gasteiger partial charge is 0.479 e. The SMILES string of the molecule is COc1nn(C)cc1C(=O)NCc1nc(-c2sc3c(N[C@@H]4CNC[C@@H]4F)cccc3c2CC(F)(F)F)no1. The van der Waals surface area contributed by atoms with Crippen LogP contribution in [-0.2, 0) is 20.0 Å². The third kappa shape index (κ3) is 5.29. The van der Waals surface area contributed by atoms with Gasteiger partial charge in [0.1, 0.15) is 11.7 Å². The Morgan fingerprint density at radius 2 is 2.16 bits per heavy atom. The average Bonchev–Trinajstić information content (AvgIpc) is 3.64. The van der Waals surface area contributed by atoms with Crippen LogP contribution in [0.5, 0.6) is 5.88 Å². The van der Waals surface area contributed by atoms with Crippen LogP contribution in [0.25, 0.3) is 20.8 Å². The Balaban J connectivity index is 1.43. The number of benzene rings is 1. The van der Waals surface area contributed by atoms with Gasteiger partial charge in [0, 0.05) is 26.3 Å². The minimum Gasteiger partial charge on any atom is -0.479 e. The number of ether oxygens (including phenoxy) is 1. The van der Waals surface area contributed by atoms with E-state index < -0.39 is 30.7 Å². The van der Waals surface area contributed by atoms with Crippen LogP contribution in [0.15, 0.2) is 28.9 Å². The van der Waals surface area contributed by atoms with E-state index in [1.807, 2.05) is 0 Å². The van der Waals surface area contributed by atoms with Crippen LogP contribution in [-0.4, -0.2) is 64.4 Å². The number of hydrogen-bond donors (Lipinski definition) is 3. The van der Waals surface area contributed by atoms with E-state index in [-0.39, 0.29) is 46.7 Å². The lowest BCUT2D eigenvalue weighted by molar-refractivity contribution is -0.126. The lowest BCUT2D eigenvalue weighted by atomic mass is 10.1. The van der Waals surface area contributed by atoms with Crippen LogP contribution in [0.4, 0.5) is 23.2 Å². The van der Waals surface area contributed by atoms with E-state index in [1.165, 1.54) is 18.0 Å². The zero-order valence-corrected chi connectivity index (χ0v) is 21.0. The maximum Gasteiger partial charge on any atom is 0.393 e. The number of hydrogen-bond acceptors (Lipinski definition) is 9. The van der Waals surface area contributed by atoms with E-state index >= 15 is 0 Å². The molecule has 0 aliphatic carbocycles. The fourth-order valence-electron chi connectivity index (χ4n) is 4.27. The maximum absolute atomic E-state index is 14.2. The van der Waals surface area contributed by atoms with Crippen LogP contribution in [0.1, 0.15) is 21.8 Å². The van der Waals surface area contributed by atoms with Crippen molar-refractivity contribution in [2.75, 3.05) is 25.5 Å². The lowest BCUT2D eigenvalue weighted by Crippen LogP contribution is -2.29. The quantitative estimate of drug-likeness (QED) is 0.284. The Morgan fingerprint density at radius 3 is 2.87 bits per heavy atom. The summed E-state index contributed by atoms with van der Waals surface area (Å²) in [6, 6.07) is 4.41. The fourth-order valence-corrected chi connectivity index (χ4v) is 5.50. The van der Waals surface area contributed by atoms with Crippen molar-refractivity contribution >= 4 is 33.0 Å². The molecule has 202 valence electrons. The van der Waals surface area contributed by atoms with Crippen molar-refractivity contribution in [2.24, 2.45) is 7.05 Å². The van der Waals surface area contributed by atoms with Gasteiger partial charge in [-0.25, -0.2) is 4.39 Å². The number of nitrogens with zero attached hydrogens (tertiary/aromatic N) is 4. The Hall–Kier alpha value is -3.72. The summed E-state index contributed by atoms with van der Waals surface area (Å²) >= 11 is 1.07. The van der Waals surface area contributed by atoms with Gasteiger partial charge in [0.25, 0.3) is 5.91 Å². The molecular weight excluding hydrogens is 530 g/mol. The number of carbonyl (C=O) groups excluding carboxylic acids is 1. The first kappa shape index (κ1) is 25.9. The van der Waals surface area contributed by atoms with Gasteiger partial charge in [-0.1, -0.05) is 17.3 Å². The molecule has 38 heavy (non-hydrogen) atoms. The average molecular weight is 554 g/mol. The molecule has 2 atom stereocenters. The molecule has 1 fully saturated rings. The minimum absolute atomic E-state index is 0.000947. The molecule has 4 heterocycles.